The molecule has 2 heterocycles. The van der Waals surface area contributed by atoms with Crippen LogP contribution in [0.2, 0.25) is 0 Å². The number of aliphatic imine (C=N–C) groups is 1. The molecule has 3 N–H and O–H groups in total. The SMILES string of the molecule is CCNC(=NCc1ccccn1)NCC(O)c1ccco1.I. The van der Waals surface area contributed by atoms with Gasteiger partial charge in [0.2, 0.25) is 0 Å². The highest BCUT2D eigenvalue weighted by Crippen LogP contribution is 2.11. The van der Waals surface area contributed by atoms with Crippen LogP contribution in [-0.2, 0) is 6.54 Å². The highest BCUT2D eigenvalue weighted by atomic mass is 127. The third-order valence-corrected chi connectivity index (χ3v) is 2.80. The summed E-state index contributed by atoms with van der Waals surface area (Å²) in [5.74, 6) is 1.16. The number of nitrogens with zero attached hydrogens (tertiary/aromatic N) is 2. The van der Waals surface area contributed by atoms with Gasteiger partial charge in [0.25, 0.3) is 0 Å². The third-order valence-electron chi connectivity index (χ3n) is 2.80. The summed E-state index contributed by atoms with van der Waals surface area (Å²) < 4.78 is 5.16. The van der Waals surface area contributed by atoms with Gasteiger partial charge in [0.15, 0.2) is 5.96 Å². The molecule has 0 bridgehead atoms. The molecule has 22 heavy (non-hydrogen) atoms. The lowest BCUT2D eigenvalue weighted by molar-refractivity contribution is 0.153. The predicted octanol–water partition coefficient (Wildman–Crippen LogP) is 2.08. The number of hydrogen-bond donors (Lipinski definition) is 3. The highest BCUT2D eigenvalue weighted by Gasteiger charge is 2.10. The summed E-state index contributed by atoms with van der Waals surface area (Å²) in [4.78, 5) is 8.65. The fraction of sp³-hybridized carbons (Fsp3) is 0.333. The number of aliphatic hydroxyl groups excluding tert-OH is 1. The van der Waals surface area contributed by atoms with Crippen molar-refractivity contribution in [3.63, 3.8) is 0 Å². The molecule has 120 valence electrons. The molecule has 7 heteroatoms. The molecule has 1 atom stereocenters. The molecular formula is C15H21IN4O2. The summed E-state index contributed by atoms with van der Waals surface area (Å²) in [6.45, 7) is 3.53. The average molecular weight is 416 g/mol. The molecule has 0 spiro atoms. The second kappa shape index (κ2) is 10.2. The zero-order valence-corrected chi connectivity index (χ0v) is 14.7. The van der Waals surface area contributed by atoms with E-state index in [0.29, 0.717) is 24.8 Å². The molecule has 2 aromatic rings. The minimum Gasteiger partial charge on any atom is -0.467 e. The maximum absolute atomic E-state index is 9.96. The van der Waals surface area contributed by atoms with Crippen molar-refractivity contribution < 1.29 is 9.52 Å². The lowest BCUT2D eigenvalue weighted by Crippen LogP contribution is -2.39. The number of aromatic nitrogens is 1. The molecule has 0 aromatic carbocycles. The van der Waals surface area contributed by atoms with Crippen molar-refractivity contribution in [1.82, 2.24) is 15.6 Å². The van der Waals surface area contributed by atoms with E-state index in [0.717, 1.165) is 12.2 Å². The van der Waals surface area contributed by atoms with Crippen LogP contribution in [0.15, 0.2) is 52.2 Å². The van der Waals surface area contributed by atoms with Crippen LogP contribution in [0.4, 0.5) is 0 Å². The minimum atomic E-state index is -0.710. The fourth-order valence-electron chi connectivity index (χ4n) is 1.77. The second-order valence-corrected chi connectivity index (χ2v) is 4.43. The van der Waals surface area contributed by atoms with Gasteiger partial charge in [0.05, 0.1) is 25.0 Å². The molecule has 2 rings (SSSR count). The predicted molar refractivity (Wildman–Crippen MR) is 96.1 cm³/mol. The van der Waals surface area contributed by atoms with Crippen molar-refractivity contribution in [3.8, 4) is 0 Å². The summed E-state index contributed by atoms with van der Waals surface area (Å²) in [7, 11) is 0. The van der Waals surface area contributed by atoms with Crippen molar-refractivity contribution in [3.05, 3.63) is 54.2 Å². The largest absolute Gasteiger partial charge is 0.467 e. The van der Waals surface area contributed by atoms with Crippen molar-refractivity contribution >= 4 is 29.9 Å². The average Bonchev–Trinajstić information content (AvgIpc) is 3.05. The summed E-state index contributed by atoms with van der Waals surface area (Å²) >= 11 is 0. The molecule has 1 unspecified atom stereocenters. The van der Waals surface area contributed by atoms with E-state index in [9.17, 15) is 5.11 Å². The van der Waals surface area contributed by atoms with Crippen molar-refractivity contribution in [2.75, 3.05) is 13.1 Å². The number of halogens is 1. The highest BCUT2D eigenvalue weighted by molar-refractivity contribution is 14.0. The van der Waals surface area contributed by atoms with Gasteiger partial charge in [0, 0.05) is 12.7 Å². The van der Waals surface area contributed by atoms with E-state index in [1.807, 2.05) is 25.1 Å². The quantitative estimate of drug-likeness (QED) is 0.382. The van der Waals surface area contributed by atoms with E-state index >= 15 is 0 Å². The van der Waals surface area contributed by atoms with Crippen molar-refractivity contribution in [2.24, 2.45) is 4.99 Å². The third kappa shape index (κ3) is 6.02. The number of aliphatic hydroxyl groups is 1. The first kappa shape index (κ1) is 18.4. The first-order valence-corrected chi connectivity index (χ1v) is 6.93. The van der Waals surface area contributed by atoms with Crippen LogP contribution in [0.3, 0.4) is 0 Å². The van der Waals surface area contributed by atoms with Gasteiger partial charge in [-0.25, -0.2) is 4.99 Å². The zero-order chi connectivity index (χ0) is 14.9. The minimum absolute atomic E-state index is 0. The molecule has 0 aliphatic heterocycles. The molecule has 2 aromatic heterocycles. The monoisotopic (exact) mass is 416 g/mol. The lowest BCUT2D eigenvalue weighted by Gasteiger charge is -2.13. The summed E-state index contributed by atoms with van der Waals surface area (Å²) in [6, 6.07) is 9.21. The van der Waals surface area contributed by atoms with Gasteiger partial charge in [-0.05, 0) is 31.2 Å². The number of rotatable bonds is 6. The summed E-state index contributed by atoms with van der Waals surface area (Å²) in [5, 5.41) is 16.2. The summed E-state index contributed by atoms with van der Waals surface area (Å²) in [6.07, 6.45) is 2.57. The molecule has 0 radical (unpaired) electrons. The van der Waals surface area contributed by atoms with Crippen LogP contribution >= 0.6 is 24.0 Å². The standard InChI is InChI=1S/C15H20N4O2.HI/c1-2-16-15(18-10-12-6-3-4-8-17-12)19-11-13(20)14-7-5-9-21-14;/h3-9,13,20H,2,10-11H2,1H3,(H2,16,18,19);1H. The van der Waals surface area contributed by atoms with Gasteiger partial charge in [-0.3, -0.25) is 4.98 Å². The van der Waals surface area contributed by atoms with E-state index in [4.69, 9.17) is 4.42 Å². The van der Waals surface area contributed by atoms with Crippen molar-refractivity contribution in [1.29, 1.82) is 0 Å². The topological polar surface area (TPSA) is 82.7 Å². The van der Waals surface area contributed by atoms with Crippen LogP contribution in [-0.4, -0.2) is 29.1 Å². The van der Waals surface area contributed by atoms with Gasteiger partial charge < -0.3 is 20.2 Å². The van der Waals surface area contributed by atoms with Crippen LogP contribution in [0, 0.1) is 0 Å². The molecule has 0 saturated heterocycles. The fourth-order valence-corrected chi connectivity index (χ4v) is 1.77. The van der Waals surface area contributed by atoms with Gasteiger partial charge in [-0.2, -0.15) is 0 Å². The Balaban J connectivity index is 0.00000242. The zero-order valence-electron chi connectivity index (χ0n) is 12.4. The maximum atomic E-state index is 9.96. The van der Waals surface area contributed by atoms with Gasteiger partial charge in [-0.1, -0.05) is 6.07 Å². The molecular weight excluding hydrogens is 395 g/mol. The lowest BCUT2D eigenvalue weighted by atomic mass is 10.3. The molecule has 0 aliphatic rings. The van der Waals surface area contributed by atoms with E-state index in [1.165, 1.54) is 0 Å². The van der Waals surface area contributed by atoms with E-state index in [1.54, 1.807) is 24.6 Å². The van der Waals surface area contributed by atoms with Crippen LogP contribution in [0.25, 0.3) is 0 Å². The Bertz CT molecular complexity index is 546. The Morgan fingerprint density at radius 2 is 2.18 bits per heavy atom. The Morgan fingerprint density at radius 3 is 2.82 bits per heavy atom. The second-order valence-electron chi connectivity index (χ2n) is 4.43. The number of nitrogens with one attached hydrogen (secondary N) is 2. The molecule has 0 amide bonds. The first-order valence-electron chi connectivity index (χ1n) is 6.93. The van der Waals surface area contributed by atoms with E-state index in [-0.39, 0.29) is 24.0 Å². The van der Waals surface area contributed by atoms with Crippen LogP contribution < -0.4 is 10.6 Å². The first-order chi connectivity index (χ1) is 10.3. The van der Waals surface area contributed by atoms with E-state index in [2.05, 4.69) is 20.6 Å². The van der Waals surface area contributed by atoms with Crippen LogP contribution in [0.5, 0.6) is 0 Å². The van der Waals surface area contributed by atoms with Gasteiger partial charge in [-0.15, -0.1) is 24.0 Å². The molecule has 0 fully saturated rings. The number of hydrogen-bond acceptors (Lipinski definition) is 4. The Morgan fingerprint density at radius 1 is 1.32 bits per heavy atom. The maximum Gasteiger partial charge on any atom is 0.191 e. The Hall–Kier alpha value is -1.61. The molecule has 0 aliphatic carbocycles. The Labute approximate surface area is 147 Å². The summed E-state index contributed by atoms with van der Waals surface area (Å²) in [5.41, 5.74) is 0.890. The van der Waals surface area contributed by atoms with Crippen molar-refractivity contribution in [2.45, 2.75) is 19.6 Å². The van der Waals surface area contributed by atoms with Gasteiger partial charge >= 0.3 is 0 Å². The number of pyridine rings is 1. The number of guanidine groups is 1. The molecule has 6 nitrogen and oxygen atoms in total. The van der Waals surface area contributed by atoms with E-state index < -0.39 is 6.10 Å². The normalized spacial score (nSPS) is 12.4. The van der Waals surface area contributed by atoms with Crippen LogP contribution in [0.1, 0.15) is 24.5 Å². The smallest absolute Gasteiger partial charge is 0.191 e. The molecule has 0 saturated carbocycles. The number of furan rings is 1. The van der Waals surface area contributed by atoms with Gasteiger partial charge in [0.1, 0.15) is 11.9 Å². The Kier molecular flexibility index (Phi) is 8.53.